The molecule has 0 radical (unpaired) electrons. The van der Waals surface area contributed by atoms with Gasteiger partial charge in [0.25, 0.3) is 0 Å². The summed E-state index contributed by atoms with van der Waals surface area (Å²) < 4.78 is 16.0. The largest absolute Gasteiger partial charge is 0.467 e. The summed E-state index contributed by atoms with van der Waals surface area (Å²) in [6, 6.07) is 21.2. The van der Waals surface area contributed by atoms with Crippen LogP contribution in [0.5, 0.6) is 5.75 Å². The third kappa shape index (κ3) is 3.73. The van der Waals surface area contributed by atoms with Gasteiger partial charge in [0.15, 0.2) is 6.79 Å². The van der Waals surface area contributed by atoms with Crippen LogP contribution in [0.15, 0.2) is 66.7 Å². The van der Waals surface area contributed by atoms with Crippen LogP contribution in [0.3, 0.4) is 0 Å². The van der Waals surface area contributed by atoms with Crippen LogP contribution in [0, 0.1) is 0 Å². The van der Waals surface area contributed by atoms with Crippen molar-refractivity contribution in [1.82, 2.24) is 0 Å². The maximum atomic E-state index is 12.0. The maximum absolute atomic E-state index is 12.0. The first-order chi connectivity index (χ1) is 11.8. The first-order valence-corrected chi connectivity index (χ1v) is 7.63. The predicted molar refractivity (Wildman–Crippen MR) is 92.0 cm³/mol. The summed E-state index contributed by atoms with van der Waals surface area (Å²) in [7, 11) is 1.35. The SMILES string of the molecule is COC(=O)c1cc2ccccc2cc1OCOCc1ccccc1. The van der Waals surface area contributed by atoms with Gasteiger partial charge in [0.1, 0.15) is 11.3 Å². The minimum atomic E-state index is -0.432. The third-order valence-corrected chi connectivity index (χ3v) is 3.66. The fourth-order valence-electron chi connectivity index (χ4n) is 2.45. The molecule has 0 fully saturated rings. The zero-order chi connectivity index (χ0) is 16.8. The smallest absolute Gasteiger partial charge is 0.341 e. The first kappa shape index (κ1) is 16.0. The molecule has 4 heteroatoms. The Morgan fingerprint density at radius 3 is 2.29 bits per heavy atom. The van der Waals surface area contributed by atoms with Gasteiger partial charge in [-0.1, -0.05) is 54.6 Å². The van der Waals surface area contributed by atoms with Crippen molar-refractivity contribution in [1.29, 1.82) is 0 Å². The van der Waals surface area contributed by atoms with Gasteiger partial charge in [-0.05, 0) is 28.5 Å². The highest BCUT2D eigenvalue weighted by Gasteiger charge is 2.14. The first-order valence-electron chi connectivity index (χ1n) is 7.63. The lowest BCUT2D eigenvalue weighted by Crippen LogP contribution is -2.08. The molecule has 0 bridgehead atoms. The van der Waals surface area contributed by atoms with E-state index in [2.05, 4.69) is 0 Å². The molecule has 0 aliphatic heterocycles. The fourth-order valence-corrected chi connectivity index (χ4v) is 2.45. The molecule has 0 unspecified atom stereocenters. The Labute approximate surface area is 140 Å². The van der Waals surface area contributed by atoms with Gasteiger partial charge in [-0.15, -0.1) is 0 Å². The highest BCUT2D eigenvalue weighted by molar-refractivity contribution is 5.98. The van der Waals surface area contributed by atoms with Crippen molar-refractivity contribution in [2.24, 2.45) is 0 Å². The van der Waals surface area contributed by atoms with Crippen molar-refractivity contribution in [3.05, 3.63) is 77.9 Å². The Hall–Kier alpha value is -2.85. The number of hydrogen-bond donors (Lipinski definition) is 0. The Morgan fingerprint density at radius 2 is 1.58 bits per heavy atom. The number of ether oxygens (including phenoxy) is 3. The number of methoxy groups -OCH3 is 1. The molecule has 3 aromatic rings. The molecule has 4 nitrogen and oxygen atoms in total. The van der Waals surface area contributed by atoms with Crippen molar-refractivity contribution < 1.29 is 19.0 Å². The van der Waals surface area contributed by atoms with Crippen LogP contribution in [0.25, 0.3) is 10.8 Å². The number of hydrogen-bond acceptors (Lipinski definition) is 4. The van der Waals surface area contributed by atoms with Gasteiger partial charge in [0.2, 0.25) is 0 Å². The lowest BCUT2D eigenvalue weighted by atomic mass is 10.1. The second-order valence-electron chi connectivity index (χ2n) is 5.28. The Kier molecular flexibility index (Phi) is 5.08. The van der Waals surface area contributed by atoms with Crippen LogP contribution < -0.4 is 4.74 Å². The number of esters is 1. The van der Waals surface area contributed by atoms with E-state index >= 15 is 0 Å². The zero-order valence-corrected chi connectivity index (χ0v) is 13.4. The summed E-state index contributed by atoms with van der Waals surface area (Å²) in [5.41, 5.74) is 1.45. The minimum absolute atomic E-state index is 0.0528. The Balaban J connectivity index is 1.73. The van der Waals surface area contributed by atoms with E-state index in [9.17, 15) is 4.79 Å². The van der Waals surface area contributed by atoms with Gasteiger partial charge in [-0.2, -0.15) is 0 Å². The van der Waals surface area contributed by atoms with Crippen LogP contribution in [-0.4, -0.2) is 19.9 Å². The van der Waals surface area contributed by atoms with Gasteiger partial charge in [0, 0.05) is 0 Å². The molecule has 0 N–H and O–H groups in total. The van der Waals surface area contributed by atoms with Gasteiger partial charge in [-0.25, -0.2) is 4.79 Å². The average Bonchev–Trinajstić information content (AvgIpc) is 2.64. The highest BCUT2D eigenvalue weighted by atomic mass is 16.7. The van der Waals surface area contributed by atoms with E-state index in [-0.39, 0.29) is 6.79 Å². The van der Waals surface area contributed by atoms with Crippen molar-refractivity contribution in [2.75, 3.05) is 13.9 Å². The van der Waals surface area contributed by atoms with Gasteiger partial charge in [0.05, 0.1) is 13.7 Å². The molecule has 0 saturated heterocycles. The van der Waals surface area contributed by atoms with Crippen LogP contribution in [-0.2, 0) is 16.1 Å². The molecule has 0 aliphatic rings. The number of benzene rings is 3. The normalized spacial score (nSPS) is 10.5. The molecular weight excluding hydrogens is 304 g/mol. The fraction of sp³-hybridized carbons (Fsp3) is 0.150. The molecule has 24 heavy (non-hydrogen) atoms. The molecule has 0 atom stereocenters. The summed E-state index contributed by atoms with van der Waals surface area (Å²) in [5, 5.41) is 1.94. The van der Waals surface area contributed by atoms with Crippen LogP contribution in [0.4, 0.5) is 0 Å². The molecule has 0 heterocycles. The zero-order valence-electron chi connectivity index (χ0n) is 13.4. The van der Waals surface area contributed by atoms with Crippen LogP contribution >= 0.6 is 0 Å². The van der Waals surface area contributed by atoms with E-state index in [1.54, 1.807) is 6.07 Å². The molecule has 0 aliphatic carbocycles. The molecule has 3 aromatic carbocycles. The topological polar surface area (TPSA) is 44.8 Å². The van der Waals surface area contributed by atoms with Crippen LogP contribution in [0.1, 0.15) is 15.9 Å². The summed E-state index contributed by atoms with van der Waals surface area (Å²) in [4.78, 5) is 12.0. The monoisotopic (exact) mass is 322 g/mol. The van der Waals surface area contributed by atoms with E-state index in [0.29, 0.717) is 17.9 Å². The van der Waals surface area contributed by atoms with E-state index < -0.39 is 5.97 Å². The van der Waals surface area contributed by atoms with Gasteiger partial charge >= 0.3 is 5.97 Å². The summed E-state index contributed by atoms with van der Waals surface area (Å²) in [5.74, 6) is 0.0208. The number of carbonyl (C=O) groups excluding carboxylic acids is 1. The van der Waals surface area contributed by atoms with E-state index in [0.717, 1.165) is 16.3 Å². The average molecular weight is 322 g/mol. The van der Waals surface area contributed by atoms with Crippen LogP contribution in [0.2, 0.25) is 0 Å². The van der Waals surface area contributed by atoms with E-state index in [1.807, 2.05) is 60.7 Å². The quantitative estimate of drug-likeness (QED) is 0.388. The molecule has 122 valence electrons. The molecular formula is C20H18O4. The molecule has 0 saturated carbocycles. The maximum Gasteiger partial charge on any atom is 0.341 e. The Bertz CT molecular complexity index is 827. The molecule has 0 aromatic heterocycles. The second-order valence-corrected chi connectivity index (χ2v) is 5.28. The Morgan fingerprint density at radius 1 is 0.917 bits per heavy atom. The second kappa shape index (κ2) is 7.62. The van der Waals surface area contributed by atoms with Gasteiger partial charge < -0.3 is 14.2 Å². The van der Waals surface area contributed by atoms with Gasteiger partial charge in [-0.3, -0.25) is 0 Å². The van der Waals surface area contributed by atoms with Crippen molar-refractivity contribution >= 4 is 16.7 Å². The highest BCUT2D eigenvalue weighted by Crippen LogP contribution is 2.27. The molecule has 0 spiro atoms. The lowest BCUT2D eigenvalue weighted by molar-refractivity contribution is 0.00423. The van der Waals surface area contributed by atoms with Crippen molar-refractivity contribution in [3.63, 3.8) is 0 Å². The number of rotatable bonds is 6. The number of carbonyl (C=O) groups is 1. The lowest BCUT2D eigenvalue weighted by Gasteiger charge is -2.12. The standard InChI is InChI=1S/C20H18O4/c1-22-20(21)18-11-16-9-5-6-10-17(16)12-19(18)24-14-23-13-15-7-3-2-4-8-15/h2-12H,13-14H2,1H3. The predicted octanol–water partition coefficient (Wildman–Crippen LogP) is 4.18. The third-order valence-electron chi connectivity index (χ3n) is 3.66. The summed E-state index contributed by atoms with van der Waals surface area (Å²) >= 11 is 0. The minimum Gasteiger partial charge on any atom is -0.467 e. The summed E-state index contributed by atoms with van der Waals surface area (Å²) in [6.45, 7) is 0.499. The van der Waals surface area contributed by atoms with E-state index in [1.165, 1.54) is 7.11 Å². The molecule has 0 amide bonds. The molecule has 3 rings (SSSR count). The summed E-state index contributed by atoms with van der Waals surface area (Å²) in [6.07, 6.45) is 0. The number of fused-ring (bicyclic) bond motifs is 1. The van der Waals surface area contributed by atoms with Crippen molar-refractivity contribution in [3.8, 4) is 5.75 Å². The van der Waals surface area contributed by atoms with Crippen molar-refractivity contribution in [2.45, 2.75) is 6.61 Å². The van der Waals surface area contributed by atoms with E-state index in [4.69, 9.17) is 14.2 Å².